The van der Waals surface area contributed by atoms with Gasteiger partial charge in [0.25, 0.3) is 0 Å². The van der Waals surface area contributed by atoms with Crippen LogP contribution in [0.2, 0.25) is 0 Å². The average molecular weight is 274 g/mol. The molecule has 3 N–H and O–H groups in total. The largest absolute Gasteiger partial charge is 0.480 e. The quantitative estimate of drug-likeness (QED) is 0.851. The van der Waals surface area contributed by atoms with Crippen molar-refractivity contribution in [3.05, 3.63) is 35.5 Å². The molecule has 4 heteroatoms. The maximum Gasteiger partial charge on any atom is 0.323 e. The molecule has 0 aliphatic heterocycles. The first-order valence-corrected chi connectivity index (χ1v) is 7.08. The molecule has 0 aliphatic carbocycles. The number of aliphatic carboxylic acids is 1. The highest BCUT2D eigenvalue weighted by Crippen LogP contribution is 2.27. The molecule has 1 heterocycles. The highest BCUT2D eigenvalue weighted by molar-refractivity contribution is 5.86. The lowest BCUT2D eigenvalue weighted by Gasteiger charge is -2.11. The van der Waals surface area contributed by atoms with Crippen LogP contribution in [0.4, 0.5) is 0 Å². The van der Waals surface area contributed by atoms with Gasteiger partial charge in [-0.05, 0) is 31.4 Å². The lowest BCUT2D eigenvalue weighted by Crippen LogP contribution is -2.22. The van der Waals surface area contributed by atoms with Gasteiger partial charge in [-0.2, -0.15) is 0 Å². The Bertz CT molecular complexity index is 616. The van der Waals surface area contributed by atoms with Crippen LogP contribution in [0.3, 0.4) is 0 Å². The molecule has 0 radical (unpaired) electrons. The molecule has 4 nitrogen and oxygen atoms in total. The predicted octanol–water partition coefficient (Wildman–Crippen LogP) is 2.70. The molecule has 2 aromatic rings. The van der Waals surface area contributed by atoms with E-state index in [4.69, 9.17) is 10.8 Å². The molecule has 1 atom stereocenters. The van der Waals surface area contributed by atoms with Crippen LogP contribution in [-0.4, -0.2) is 21.7 Å². The zero-order valence-electron chi connectivity index (χ0n) is 12.1. The number of rotatable bonds is 6. The monoisotopic (exact) mass is 274 g/mol. The third kappa shape index (κ3) is 2.85. The van der Waals surface area contributed by atoms with Crippen molar-refractivity contribution in [2.75, 3.05) is 0 Å². The number of hydrogen-bond acceptors (Lipinski definition) is 2. The Morgan fingerprint density at radius 1 is 1.40 bits per heavy atom. The number of nitrogens with two attached hydrogens (primary N) is 1. The van der Waals surface area contributed by atoms with Crippen molar-refractivity contribution in [1.29, 1.82) is 0 Å². The Balaban J connectivity index is 2.48. The second-order valence-corrected chi connectivity index (χ2v) is 5.31. The molecular formula is C16H22N2O2. The molecule has 1 aromatic carbocycles. The zero-order chi connectivity index (χ0) is 14.7. The van der Waals surface area contributed by atoms with Gasteiger partial charge in [0, 0.05) is 22.6 Å². The van der Waals surface area contributed by atoms with E-state index >= 15 is 0 Å². The first kappa shape index (κ1) is 14.6. The minimum atomic E-state index is -0.821. The van der Waals surface area contributed by atoms with E-state index < -0.39 is 5.97 Å². The summed E-state index contributed by atoms with van der Waals surface area (Å²) in [6.07, 6.45) is 2.85. The summed E-state index contributed by atoms with van der Waals surface area (Å²) >= 11 is 0. The van der Waals surface area contributed by atoms with Gasteiger partial charge in [-0.15, -0.1) is 0 Å². The smallest absolute Gasteiger partial charge is 0.323 e. The van der Waals surface area contributed by atoms with Crippen LogP contribution in [0.1, 0.15) is 31.0 Å². The summed E-state index contributed by atoms with van der Waals surface area (Å²) in [4.78, 5) is 11.1. The molecule has 0 unspecified atom stereocenters. The molecule has 0 bridgehead atoms. The lowest BCUT2D eigenvalue weighted by molar-refractivity contribution is -0.137. The molecule has 0 fully saturated rings. The third-order valence-electron chi connectivity index (χ3n) is 3.78. The van der Waals surface area contributed by atoms with Crippen LogP contribution in [-0.2, 0) is 17.8 Å². The number of carbonyl (C=O) groups is 1. The number of carboxylic acids is 1. The van der Waals surface area contributed by atoms with Crippen LogP contribution < -0.4 is 5.73 Å². The highest BCUT2D eigenvalue weighted by Gasteiger charge is 2.17. The van der Waals surface area contributed by atoms with E-state index in [1.54, 1.807) is 0 Å². The lowest BCUT2D eigenvalue weighted by atomic mass is 10.0. The van der Waals surface area contributed by atoms with Crippen LogP contribution in [0.25, 0.3) is 10.9 Å². The van der Waals surface area contributed by atoms with E-state index in [9.17, 15) is 4.79 Å². The van der Waals surface area contributed by atoms with Gasteiger partial charge in [-0.1, -0.05) is 31.5 Å². The Labute approximate surface area is 119 Å². The molecule has 2 rings (SSSR count). The fourth-order valence-electron chi connectivity index (χ4n) is 2.83. The van der Waals surface area contributed by atoms with E-state index in [0.29, 0.717) is 0 Å². The summed E-state index contributed by atoms with van der Waals surface area (Å²) in [6, 6.07) is 8.08. The fourth-order valence-corrected chi connectivity index (χ4v) is 2.83. The Hall–Kier alpha value is -1.81. The minimum absolute atomic E-state index is 0.00460. The first-order valence-electron chi connectivity index (χ1n) is 7.08. The summed E-state index contributed by atoms with van der Waals surface area (Å²) in [5.41, 5.74) is 9.34. The zero-order valence-corrected chi connectivity index (χ0v) is 12.1. The molecule has 0 spiro atoms. The summed E-state index contributed by atoms with van der Waals surface area (Å²) in [5, 5.41) is 10.2. The summed E-state index contributed by atoms with van der Waals surface area (Å²) < 4.78 is 1.87. The number of benzene rings is 1. The van der Waals surface area contributed by atoms with Gasteiger partial charge in [0.05, 0.1) is 0 Å². The van der Waals surface area contributed by atoms with E-state index in [0.717, 1.165) is 35.9 Å². The molecule has 1 aromatic heterocycles. The van der Waals surface area contributed by atoms with Gasteiger partial charge in [0.15, 0.2) is 0 Å². The normalized spacial score (nSPS) is 12.8. The van der Waals surface area contributed by atoms with Crippen LogP contribution >= 0.6 is 0 Å². The molecule has 0 aliphatic rings. The topological polar surface area (TPSA) is 68.2 Å². The van der Waals surface area contributed by atoms with Crippen molar-refractivity contribution in [1.82, 2.24) is 4.57 Å². The number of hydrogen-bond donors (Lipinski definition) is 2. The first-order chi connectivity index (χ1) is 9.54. The van der Waals surface area contributed by atoms with Crippen molar-refractivity contribution >= 4 is 16.9 Å². The number of aromatic nitrogens is 1. The van der Waals surface area contributed by atoms with Crippen molar-refractivity contribution in [2.45, 2.75) is 45.7 Å². The van der Waals surface area contributed by atoms with E-state index in [-0.39, 0.29) is 12.6 Å². The maximum absolute atomic E-state index is 11.1. The van der Waals surface area contributed by atoms with Crippen molar-refractivity contribution in [3.8, 4) is 0 Å². The summed E-state index contributed by atoms with van der Waals surface area (Å²) in [6.45, 7) is 4.10. The van der Waals surface area contributed by atoms with Gasteiger partial charge in [-0.25, -0.2) is 0 Å². The number of carboxylic acid groups (broad SMARTS) is 1. The van der Waals surface area contributed by atoms with Crippen LogP contribution in [0.5, 0.6) is 0 Å². The second-order valence-electron chi connectivity index (χ2n) is 5.31. The van der Waals surface area contributed by atoms with Crippen molar-refractivity contribution in [3.63, 3.8) is 0 Å². The van der Waals surface area contributed by atoms with E-state index in [1.807, 2.05) is 29.7 Å². The average Bonchev–Trinajstić information content (AvgIpc) is 2.65. The van der Waals surface area contributed by atoms with Gasteiger partial charge >= 0.3 is 5.97 Å². The molecule has 0 saturated heterocycles. The highest BCUT2D eigenvalue weighted by atomic mass is 16.4. The number of fused-ring (bicyclic) bond motifs is 1. The van der Waals surface area contributed by atoms with Crippen LogP contribution in [0.15, 0.2) is 24.3 Å². The maximum atomic E-state index is 11.1. The Morgan fingerprint density at radius 2 is 2.10 bits per heavy atom. The molecule has 0 amide bonds. The van der Waals surface area contributed by atoms with Gasteiger partial charge < -0.3 is 15.4 Å². The van der Waals surface area contributed by atoms with E-state index in [1.165, 1.54) is 5.56 Å². The third-order valence-corrected chi connectivity index (χ3v) is 3.78. The molecule has 0 saturated carbocycles. The second kappa shape index (κ2) is 6.09. The standard InChI is InChI=1S/C16H22N2O2/c1-3-6-12(17)9-14-11(2)18(10-16(19)20)15-8-5-4-7-13(14)15/h4-5,7-8,12H,3,6,9-10,17H2,1-2H3,(H,19,20)/t12-/m1/s1. The van der Waals surface area contributed by atoms with Gasteiger partial charge in [0.1, 0.15) is 6.54 Å². The minimum Gasteiger partial charge on any atom is -0.480 e. The number of para-hydroxylation sites is 1. The van der Waals surface area contributed by atoms with Crippen LogP contribution in [0, 0.1) is 6.92 Å². The Morgan fingerprint density at radius 3 is 2.75 bits per heavy atom. The summed E-state index contributed by atoms with van der Waals surface area (Å²) in [5.74, 6) is -0.821. The number of nitrogens with zero attached hydrogens (tertiary/aromatic N) is 1. The molecule has 108 valence electrons. The molecular weight excluding hydrogens is 252 g/mol. The van der Waals surface area contributed by atoms with Gasteiger partial charge in [0.2, 0.25) is 0 Å². The SMILES string of the molecule is CCC[C@@H](N)Cc1c(C)n(CC(=O)O)c2ccccc12. The summed E-state index contributed by atoms with van der Waals surface area (Å²) in [7, 11) is 0. The van der Waals surface area contributed by atoms with Crippen molar-refractivity contribution < 1.29 is 9.90 Å². The Kier molecular flexibility index (Phi) is 4.45. The van der Waals surface area contributed by atoms with Crippen molar-refractivity contribution in [2.24, 2.45) is 5.73 Å². The van der Waals surface area contributed by atoms with E-state index in [2.05, 4.69) is 13.0 Å². The molecule has 20 heavy (non-hydrogen) atoms. The fraction of sp³-hybridized carbons (Fsp3) is 0.438. The van der Waals surface area contributed by atoms with Gasteiger partial charge in [-0.3, -0.25) is 4.79 Å². The predicted molar refractivity (Wildman–Crippen MR) is 80.9 cm³/mol.